The van der Waals surface area contributed by atoms with Crippen LogP contribution in [0.3, 0.4) is 0 Å². The molecule has 1 amide bonds. The second-order valence-corrected chi connectivity index (χ2v) is 6.11. The minimum absolute atomic E-state index is 0.00636. The number of hydrogen-bond donors (Lipinski definition) is 4. The standard InChI is InChI=1S/C17H20F2N6O2/c1-21-14-8-27-3-2-13(14)24-17-12(19)5-11(15(20)26)16(25-17)23-10-4-9(18)6-22-7-10/h4-7,13-14,21H,2-3,8H2,1H3,(H2,20,26)(H2,23,24,25). The number of anilines is 3. The maximum Gasteiger partial charge on any atom is 0.252 e. The first-order valence-electron chi connectivity index (χ1n) is 8.37. The fourth-order valence-corrected chi connectivity index (χ4v) is 2.86. The maximum atomic E-state index is 14.5. The first-order chi connectivity index (χ1) is 13.0. The summed E-state index contributed by atoms with van der Waals surface area (Å²) in [6.45, 7) is 1.02. The van der Waals surface area contributed by atoms with Gasteiger partial charge in [-0.3, -0.25) is 9.78 Å². The number of carbonyl (C=O) groups is 1. The summed E-state index contributed by atoms with van der Waals surface area (Å²) in [6, 6.07) is 2.03. The number of nitrogens with two attached hydrogens (primary N) is 1. The van der Waals surface area contributed by atoms with Gasteiger partial charge >= 0.3 is 0 Å². The SMILES string of the molecule is CNC1COCCC1Nc1nc(Nc2cncc(F)c2)c(C(N)=O)cc1F. The predicted octanol–water partition coefficient (Wildman–Crippen LogP) is 1.39. The van der Waals surface area contributed by atoms with Gasteiger partial charge in [0.2, 0.25) is 0 Å². The highest BCUT2D eigenvalue weighted by Crippen LogP contribution is 2.25. The van der Waals surface area contributed by atoms with Crippen molar-refractivity contribution >= 4 is 23.2 Å². The van der Waals surface area contributed by atoms with Crippen molar-refractivity contribution in [1.29, 1.82) is 0 Å². The molecule has 0 bridgehead atoms. The van der Waals surface area contributed by atoms with E-state index in [0.29, 0.717) is 19.6 Å². The summed E-state index contributed by atoms with van der Waals surface area (Å²) in [5.74, 6) is -2.18. The fourth-order valence-electron chi connectivity index (χ4n) is 2.86. The van der Waals surface area contributed by atoms with Crippen molar-refractivity contribution in [2.24, 2.45) is 5.73 Å². The van der Waals surface area contributed by atoms with Crippen molar-refractivity contribution in [3.63, 3.8) is 0 Å². The summed E-state index contributed by atoms with van der Waals surface area (Å²) in [6.07, 6.45) is 3.04. The molecule has 3 heterocycles. The van der Waals surface area contributed by atoms with Gasteiger partial charge in [0.25, 0.3) is 5.91 Å². The summed E-state index contributed by atoms with van der Waals surface area (Å²) >= 11 is 0. The molecule has 0 aromatic carbocycles. The number of rotatable bonds is 6. The van der Waals surface area contributed by atoms with Crippen LogP contribution in [0.4, 0.5) is 26.1 Å². The van der Waals surface area contributed by atoms with E-state index in [0.717, 1.165) is 12.3 Å². The Hall–Kier alpha value is -2.85. The molecule has 0 radical (unpaired) electrons. The van der Waals surface area contributed by atoms with Crippen LogP contribution in [-0.4, -0.2) is 48.2 Å². The van der Waals surface area contributed by atoms with Gasteiger partial charge in [-0.1, -0.05) is 0 Å². The topological polar surface area (TPSA) is 114 Å². The molecule has 10 heteroatoms. The molecule has 2 aromatic heterocycles. The number of amides is 1. The lowest BCUT2D eigenvalue weighted by molar-refractivity contribution is 0.0656. The van der Waals surface area contributed by atoms with Crippen LogP contribution in [0.2, 0.25) is 0 Å². The zero-order chi connectivity index (χ0) is 19.4. The number of aromatic nitrogens is 2. The molecule has 0 spiro atoms. The number of ether oxygens (including phenoxy) is 1. The van der Waals surface area contributed by atoms with Crippen molar-refractivity contribution < 1.29 is 18.3 Å². The number of primary amides is 1. The van der Waals surface area contributed by atoms with Crippen LogP contribution in [-0.2, 0) is 4.74 Å². The number of halogens is 2. The van der Waals surface area contributed by atoms with E-state index in [2.05, 4.69) is 25.9 Å². The average molecular weight is 378 g/mol. The lowest BCUT2D eigenvalue weighted by atomic mass is 10.0. The average Bonchev–Trinajstić information content (AvgIpc) is 2.64. The highest BCUT2D eigenvalue weighted by atomic mass is 19.1. The number of nitrogens with one attached hydrogen (secondary N) is 3. The van der Waals surface area contributed by atoms with Crippen LogP contribution in [0.5, 0.6) is 0 Å². The second kappa shape index (κ2) is 8.23. The third kappa shape index (κ3) is 4.47. The van der Waals surface area contributed by atoms with Crippen molar-refractivity contribution in [3.05, 3.63) is 41.7 Å². The molecule has 2 unspecified atom stereocenters. The molecule has 1 aliphatic heterocycles. The monoisotopic (exact) mass is 378 g/mol. The Kier molecular flexibility index (Phi) is 5.77. The summed E-state index contributed by atoms with van der Waals surface area (Å²) in [5.41, 5.74) is 5.42. The van der Waals surface area contributed by atoms with Crippen LogP contribution in [0.25, 0.3) is 0 Å². The van der Waals surface area contributed by atoms with Gasteiger partial charge in [0.1, 0.15) is 11.6 Å². The molecular formula is C17H20F2N6O2. The van der Waals surface area contributed by atoms with Gasteiger partial charge in [0.05, 0.1) is 36.3 Å². The molecule has 8 nitrogen and oxygen atoms in total. The van der Waals surface area contributed by atoms with Crippen molar-refractivity contribution in [1.82, 2.24) is 15.3 Å². The van der Waals surface area contributed by atoms with Gasteiger partial charge in [0, 0.05) is 18.7 Å². The normalized spacial score (nSPS) is 19.5. The van der Waals surface area contributed by atoms with E-state index in [-0.39, 0.29) is 35.0 Å². The zero-order valence-electron chi connectivity index (χ0n) is 14.6. The molecule has 2 atom stereocenters. The van der Waals surface area contributed by atoms with Crippen LogP contribution in [0, 0.1) is 11.6 Å². The molecule has 2 aromatic rings. The molecule has 0 saturated carbocycles. The Balaban J connectivity index is 1.91. The lowest BCUT2D eigenvalue weighted by Gasteiger charge is -2.32. The summed E-state index contributed by atoms with van der Waals surface area (Å²) < 4.78 is 33.3. The summed E-state index contributed by atoms with van der Waals surface area (Å²) in [7, 11) is 1.79. The minimum atomic E-state index is -0.862. The number of nitrogens with zero attached hydrogens (tertiary/aromatic N) is 2. The molecule has 5 N–H and O–H groups in total. The van der Waals surface area contributed by atoms with Crippen molar-refractivity contribution in [3.8, 4) is 0 Å². The number of carbonyl (C=O) groups excluding carboxylic acids is 1. The Labute approximate surface area is 154 Å². The molecule has 3 rings (SSSR count). The minimum Gasteiger partial charge on any atom is -0.380 e. The van der Waals surface area contributed by atoms with Gasteiger partial charge < -0.3 is 26.4 Å². The van der Waals surface area contributed by atoms with Gasteiger partial charge in [-0.05, 0) is 19.5 Å². The van der Waals surface area contributed by atoms with E-state index in [1.807, 2.05) is 0 Å². The maximum absolute atomic E-state index is 14.5. The van der Waals surface area contributed by atoms with Crippen LogP contribution < -0.4 is 21.7 Å². The van der Waals surface area contributed by atoms with Gasteiger partial charge in [0.15, 0.2) is 11.6 Å². The summed E-state index contributed by atoms with van der Waals surface area (Å²) in [5, 5.41) is 8.91. The number of hydrogen-bond acceptors (Lipinski definition) is 7. The van der Waals surface area contributed by atoms with Crippen molar-refractivity contribution in [2.75, 3.05) is 30.9 Å². The first-order valence-corrected chi connectivity index (χ1v) is 8.37. The smallest absolute Gasteiger partial charge is 0.252 e. The molecule has 1 saturated heterocycles. The van der Waals surface area contributed by atoms with Gasteiger partial charge in [-0.2, -0.15) is 0 Å². The molecule has 1 fully saturated rings. The van der Waals surface area contributed by atoms with E-state index in [4.69, 9.17) is 10.5 Å². The van der Waals surface area contributed by atoms with Crippen molar-refractivity contribution in [2.45, 2.75) is 18.5 Å². The van der Waals surface area contributed by atoms with E-state index < -0.39 is 17.5 Å². The number of pyridine rings is 2. The highest BCUT2D eigenvalue weighted by molar-refractivity contribution is 5.98. The number of likely N-dealkylation sites (N-methyl/N-ethyl adjacent to an activating group) is 1. The Bertz CT molecular complexity index is 835. The van der Waals surface area contributed by atoms with Gasteiger partial charge in [-0.15, -0.1) is 0 Å². The molecule has 144 valence electrons. The van der Waals surface area contributed by atoms with Gasteiger partial charge in [-0.25, -0.2) is 13.8 Å². The molecule has 0 aliphatic carbocycles. The third-order valence-electron chi connectivity index (χ3n) is 4.26. The largest absolute Gasteiger partial charge is 0.380 e. The van der Waals surface area contributed by atoms with E-state index in [9.17, 15) is 13.6 Å². The third-order valence-corrected chi connectivity index (χ3v) is 4.26. The predicted molar refractivity (Wildman–Crippen MR) is 95.9 cm³/mol. The Morgan fingerprint density at radius 2 is 2.07 bits per heavy atom. The van der Waals surface area contributed by atoms with E-state index in [1.165, 1.54) is 12.3 Å². The van der Waals surface area contributed by atoms with E-state index >= 15 is 0 Å². The Morgan fingerprint density at radius 3 is 2.78 bits per heavy atom. The fraction of sp³-hybridized carbons (Fsp3) is 0.353. The Morgan fingerprint density at radius 1 is 1.26 bits per heavy atom. The summed E-state index contributed by atoms with van der Waals surface area (Å²) in [4.78, 5) is 19.6. The molecular weight excluding hydrogens is 358 g/mol. The lowest BCUT2D eigenvalue weighted by Crippen LogP contribution is -2.49. The quantitative estimate of drug-likeness (QED) is 0.600. The highest BCUT2D eigenvalue weighted by Gasteiger charge is 2.26. The first kappa shape index (κ1) is 18.9. The van der Waals surface area contributed by atoms with E-state index in [1.54, 1.807) is 7.05 Å². The van der Waals surface area contributed by atoms with Crippen LogP contribution in [0.15, 0.2) is 24.5 Å². The zero-order valence-corrected chi connectivity index (χ0v) is 14.6. The second-order valence-electron chi connectivity index (χ2n) is 6.11. The molecule has 27 heavy (non-hydrogen) atoms. The molecule has 1 aliphatic rings. The van der Waals surface area contributed by atoms with Crippen LogP contribution in [0.1, 0.15) is 16.8 Å². The van der Waals surface area contributed by atoms with Crippen LogP contribution >= 0.6 is 0 Å².